The Labute approximate surface area is 108 Å². The maximum absolute atomic E-state index is 6.72. The largest absolute Gasteiger partial charge is 0.426 e. The molecule has 0 unspecified atom stereocenters. The summed E-state index contributed by atoms with van der Waals surface area (Å²) in [6.07, 6.45) is 0. The second kappa shape index (κ2) is 5.13. The summed E-state index contributed by atoms with van der Waals surface area (Å²) in [5, 5.41) is 0.973. The molecule has 86 valence electrons. The van der Waals surface area contributed by atoms with Gasteiger partial charge < -0.3 is 14.0 Å². The van der Waals surface area contributed by atoms with Crippen LogP contribution in [0.3, 0.4) is 0 Å². The smallest absolute Gasteiger partial charge is 0.290 e. The Balaban J connectivity index is 2.17. The molecule has 0 spiro atoms. The van der Waals surface area contributed by atoms with E-state index in [1.807, 2.05) is 0 Å². The lowest BCUT2D eigenvalue weighted by Gasteiger charge is -2.02. The van der Waals surface area contributed by atoms with Gasteiger partial charge in [-0.25, -0.2) is 6.57 Å². The first-order chi connectivity index (χ1) is 8.17. The molecule has 1 heterocycles. The van der Waals surface area contributed by atoms with Crippen molar-refractivity contribution in [3.63, 3.8) is 0 Å². The molecule has 0 amide bonds. The van der Waals surface area contributed by atoms with E-state index in [9.17, 15) is 0 Å². The topological polar surface area (TPSA) is 26.7 Å². The zero-order chi connectivity index (χ0) is 12.3. The molecule has 0 saturated heterocycles. The van der Waals surface area contributed by atoms with Crippen LogP contribution in [0.4, 0.5) is 0 Å². The van der Waals surface area contributed by atoms with E-state index < -0.39 is 0 Å². The highest BCUT2D eigenvalue weighted by Gasteiger charge is 2.07. The van der Waals surface area contributed by atoms with Crippen molar-refractivity contribution in [3.8, 4) is 11.7 Å². The van der Waals surface area contributed by atoms with Crippen LogP contribution in [-0.4, -0.2) is 0 Å². The van der Waals surface area contributed by atoms with Crippen molar-refractivity contribution in [2.24, 2.45) is 0 Å². The summed E-state index contributed by atoms with van der Waals surface area (Å²) in [6, 6.07) is 8.21. The molecule has 0 bridgehead atoms. The van der Waals surface area contributed by atoms with Crippen molar-refractivity contribution < 1.29 is 9.15 Å². The average Bonchev–Trinajstić information content (AvgIpc) is 2.64. The molecule has 0 N–H and O–H groups in total. The highest BCUT2D eigenvalue weighted by molar-refractivity contribution is 6.34. The molecule has 2 rings (SSSR count). The van der Waals surface area contributed by atoms with E-state index in [1.165, 1.54) is 0 Å². The van der Waals surface area contributed by atoms with Gasteiger partial charge in [-0.05, 0) is 24.3 Å². The zero-order valence-corrected chi connectivity index (χ0v) is 10.1. The van der Waals surface area contributed by atoms with Gasteiger partial charge in [-0.2, -0.15) is 0 Å². The quantitative estimate of drug-likeness (QED) is 0.747. The van der Waals surface area contributed by atoms with E-state index in [0.717, 1.165) is 0 Å². The van der Waals surface area contributed by atoms with Gasteiger partial charge in [0.15, 0.2) is 5.76 Å². The van der Waals surface area contributed by atoms with Crippen molar-refractivity contribution in [3.05, 3.63) is 57.6 Å². The first-order valence-electron chi connectivity index (χ1n) is 4.73. The summed E-state index contributed by atoms with van der Waals surface area (Å²) in [5.74, 6) is 1.36. The monoisotopic (exact) mass is 267 g/mol. The van der Waals surface area contributed by atoms with Crippen molar-refractivity contribution in [2.75, 3.05) is 0 Å². The predicted molar refractivity (Wildman–Crippen MR) is 65.6 cm³/mol. The first-order valence-corrected chi connectivity index (χ1v) is 5.49. The van der Waals surface area contributed by atoms with Crippen LogP contribution in [0, 0.1) is 6.57 Å². The fourth-order valence-corrected chi connectivity index (χ4v) is 1.79. The van der Waals surface area contributed by atoms with Crippen molar-refractivity contribution >= 4 is 23.2 Å². The standard InChI is InChI=1S/C12H7Cl2NO2/c1-15-7-10-2-3-12(16-10)17-11-5-8(13)4-9(14)6-11/h2-6H,7H2. The molecule has 1 aromatic heterocycles. The Morgan fingerprint density at radius 3 is 2.53 bits per heavy atom. The zero-order valence-electron chi connectivity index (χ0n) is 8.61. The molecule has 0 aliphatic rings. The van der Waals surface area contributed by atoms with E-state index in [-0.39, 0.29) is 6.54 Å². The second-order valence-electron chi connectivity index (χ2n) is 3.24. The van der Waals surface area contributed by atoms with Gasteiger partial charge in [0, 0.05) is 16.1 Å². The molecule has 3 nitrogen and oxygen atoms in total. The lowest BCUT2D eigenvalue weighted by molar-refractivity contribution is 0.335. The lowest BCUT2D eigenvalue weighted by Crippen LogP contribution is -1.82. The summed E-state index contributed by atoms with van der Waals surface area (Å²) in [4.78, 5) is 3.21. The van der Waals surface area contributed by atoms with Crippen molar-refractivity contribution in [1.29, 1.82) is 0 Å². The van der Waals surface area contributed by atoms with Crippen LogP contribution >= 0.6 is 23.2 Å². The molecule has 17 heavy (non-hydrogen) atoms. The SMILES string of the molecule is [C-]#[N+]Cc1ccc(Oc2cc(Cl)cc(Cl)c2)o1. The summed E-state index contributed by atoms with van der Waals surface area (Å²) < 4.78 is 10.7. The summed E-state index contributed by atoms with van der Waals surface area (Å²) in [6.45, 7) is 6.91. The maximum atomic E-state index is 6.72. The number of hydrogen-bond donors (Lipinski definition) is 0. The molecule has 5 heteroatoms. The highest BCUT2D eigenvalue weighted by atomic mass is 35.5. The van der Waals surface area contributed by atoms with Crippen LogP contribution < -0.4 is 4.74 Å². The van der Waals surface area contributed by atoms with Crippen LogP contribution in [0.2, 0.25) is 10.0 Å². The lowest BCUT2D eigenvalue weighted by atomic mass is 10.3. The van der Waals surface area contributed by atoms with Crippen LogP contribution in [0.25, 0.3) is 4.85 Å². The predicted octanol–water partition coefficient (Wildman–Crippen LogP) is 4.80. The Kier molecular flexibility index (Phi) is 3.58. The van der Waals surface area contributed by atoms with E-state index >= 15 is 0 Å². The second-order valence-corrected chi connectivity index (χ2v) is 4.12. The molecule has 0 aliphatic heterocycles. The summed E-state index contributed by atoms with van der Waals surface area (Å²) >= 11 is 11.7. The van der Waals surface area contributed by atoms with Crippen LogP contribution in [0.15, 0.2) is 34.7 Å². The third-order valence-electron chi connectivity index (χ3n) is 1.93. The van der Waals surface area contributed by atoms with Gasteiger partial charge in [-0.3, -0.25) is 0 Å². The summed E-state index contributed by atoms with van der Waals surface area (Å²) in [7, 11) is 0. The Hall–Kier alpha value is -1.63. The van der Waals surface area contributed by atoms with E-state index in [1.54, 1.807) is 30.3 Å². The van der Waals surface area contributed by atoms with Gasteiger partial charge >= 0.3 is 0 Å². The number of hydrogen-bond acceptors (Lipinski definition) is 2. The number of nitrogens with zero attached hydrogens (tertiary/aromatic N) is 1. The fourth-order valence-electron chi connectivity index (χ4n) is 1.28. The minimum atomic E-state index is 0.194. The number of benzene rings is 1. The molecule has 0 radical (unpaired) electrons. The molecule has 0 saturated carbocycles. The third kappa shape index (κ3) is 3.16. The van der Waals surface area contributed by atoms with Crippen LogP contribution in [0.5, 0.6) is 11.7 Å². The molecule has 0 atom stereocenters. The number of halogens is 2. The van der Waals surface area contributed by atoms with Gasteiger partial charge in [-0.1, -0.05) is 23.2 Å². The van der Waals surface area contributed by atoms with E-state index in [0.29, 0.717) is 27.5 Å². The van der Waals surface area contributed by atoms with Crippen molar-refractivity contribution in [1.82, 2.24) is 0 Å². The Morgan fingerprint density at radius 1 is 1.18 bits per heavy atom. The Bertz CT molecular complexity index is 552. The first kappa shape index (κ1) is 11.8. The molecule has 0 fully saturated rings. The van der Waals surface area contributed by atoms with E-state index in [2.05, 4.69) is 4.85 Å². The minimum absolute atomic E-state index is 0.194. The maximum Gasteiger partial charge on any atom is 0.290 e. The average molecular weight is 268 g/mol. The van der Waals surface area contributed by atoms with Crippen LogP contribution in [0.1, 0.15) is 5.76 Å². The van der Waals surface area contributed by atoms with Gasteiger partial charge in [-0.15, -0.1) is 0 Å². The number of ether oxygens (including phenoxy) is 1. The van der Waals surface area contributed by atoms with Crippen molar-refractivity contribution in [2.45, 2.75) is 6.54 Å². The Morgan fingerprint density at radius 2 is 1.88 bits per heavy atom. The molecule has 1 aromatic carbocycles. The van der Waals surface area contributed by atoms with Gasteiger partial charge in [0.2, 0.25) is 0 Å². The molecule has 0 aliphatic carbocycles. The summed E-state index contributed by atoms with van der Waals surface area (Å²) in [5.41, 5.74) is 0. The number of rotatable bonds is 3. The minimum Gasteiger partial charge on any atom is -0.426 e. The normalized spacial score (nSPS) is 9.94. The fraction of sp³-hybridized carbons (Fsp3) is 0.0833. The van der Waals surface area contributed by atoms with Gasteiger partial charge in [0.05, 0.1) is 0 Å². The van der Waals surface area contributed by atoms with Crippen LogP contribution in [-0.2, 0) is 6.54 Å². The molecule has 2 aromatic rings. The molecular formula is C12H7Cl2NO2. The third-order valence-corrected chi connectivity index (χ3v) is 2.36. The van der Waals surface area contributed by atoms with Gasteiger partial charge in [0.25, 0.3) is 12.5 Å². The molecular weight excluding hydrogens is 261 g/mol. The van der Waals surface area contributed by atoms with Gasteiger partial charge in [0.1, 0.15) is 5.75 Å². The highest BCUT2D eigenvalue weighted by Crippen LogP contribution is 2.29. The number of furan rings is 1. The van der Waals surface area contributed by atoms with E-state index in [4.69, 9.17) is 38.9 Å².